The van der Waals surface area contributed by atoms with Crippen LogP contribution in [0.2, 0.25) is 0 Å². The van der Waals surface area contributed by atoms with Gasteiger partial charge in [-0.2, -0.15) is 0 Å². The van der Waals surface area contributed by atoms with Gasteiger partial charge in [0.15, 0.2) is 0 Å². The van der Waals surface area contributed by atoms with Crippen LogP contribution in [0.1, 0.15) is 31.6 Å². The molecule has 15 heavy (non-hydrogen) atoms. The minimum atomic E-state index is -3.29. The highest BCUT2D eigenvalue weighted by Crippen LogP contribution is 2.21. The Kier molecular flexibility index (Phi) is 4.31. The van der Waals surface area contributed by atoms with Crippen molar-refractivity contribution >= 4 is 21.4 Å². The van der Waals surface area contributed by atoms with E-state index in [1.165, 1.54) is 11.3 Å². The van der Waals surface area contributed by atoms with E-state index in [9.17, 15) is 8.42 Å². The van der Waals surface area contributed by atoms with E-state index in [1.54, 1.807) is 6.07 Å². The highest BCUT2D eigenvalue weighted by molar-refractivity contribution is 7.91. The lowest BCUT2D eigenvalue weighted by Gasteiger charge is -2.13. The summed E-state index contributed by atoms with van der Waals surface area (Å²) in [6.45, 7) is 5.87. The summed E-state index contributed by atoms with van der Waals surface area (Å²) >= 11 is 1.31. The van der Waals surface area contributed by atoms with Gasteiger partial charge in [0.05, 0.1) is 0 Å². The van der Waals surface area contributed by atoms with Gasteiger partial charge < -0.3 is 0 Å². The van der Waals surface area contributed by atoms with Gasteiger partial charge in [0.25, 0.3) is 0 Å². The highest BCUT2D eigenvalue weighted by atomic mass is 32.2. The number of thiophene rings is 1. The standard InChI is InChI=1S/C10H17NO2S2/c1-4-9(5-2)11-15(12,13)10-7-6-8(3)14-10/h6-7,9,11H,4-5H2,1-3H3. The Labute approximate surface area is 95.6 Å². The fourth-order valence-corrected chi connectivity index (χ4v) is 3.99. The SMILES string of the molecule is CCC(CC)NS(=O)(=O)c1ccc(C)s1. The lowest BCUT2D eigenvalue weighted by atomic mass is 10.2. The van der Waals surface area contributed by atoms with E-state index in [1.807, 2.05) is 26.8 Å². The molecule has 1 aromatic rings. The number of nitrogens with one attached hydrogen (secondary N) is 1. The van der Waals surface area contributed by atoms with Gasteiger partial charge in [-0.3, -0.25) is 0 Å². The third-order valence-electron chi connectivity index (χ3n) is 2.29. The summed E-state index contributed by atoms with van der Waals surface area (Å²) in [6.07, 6.45) is 1.64. The van der Waals surface area contributed by atoms with Crippen molar-refractivity contribution in [2.24, 2.45) is 0 Å². The summed E-state index contributed by atoms with van der Waals surface area (Å²) in [5, 5.41) is 0. The van der Waals surface area contributed by atoms with E-state index in [-0.39, 0.29) is 6.04 Å². The van der Waals surface area contributed by atoms with Crippen LogP contribution in [-0.4, -0.2) is 14.5 Å². The van der Waals surface area contributed by atoms with Gasteiger partial charge in [0.1, 0.15) is 4.21 Å². The Morgan fingerprint density at radius 2 is 1.93 bits per heavy atom. The van der Waals surface area contributed by atoms with Gasteiger partial charge in [-0.05, 0) is 31.9 Å². The molecule has 0 amide bonds. The zero-order chi connectivity index (χ0) is 11.5. The molecule has 3 nitrogen and oxygen atoms in total. The number of aryl methyl sites for hydroxylation is 1. The molecule has 0 aromatic carbocycles. The quantitative estimate of drug-likeness (QED) is 0.869. The van der Waals surface area contributed by atoms with Crippen molar-refractivity contribution < 1.29 is 8.42 Å². The van der Waals surface area contributed by atoms with Gasteiger partial charge in [0, 0.05) is 10.9 Å². The van der Waals surface area contributed by atoms with E-state index in [2.05, 4.69) is 4.72 Å². The number of hydrogen-bond donors (Lipinski definition) is 1. The molecule has 1 aromatic heterocycles. The number of rotatable bonds is 5. The largest absolute Gasteiger partial charge is 0.250 e. The first kappa shape index (κ1) is 12.7. The highest BCUT2D eigenvalue weighted by Gasteiger charge is 2.19. The lowest BCUT2D eigenvalue weighted by Crippen LogP contribution is -2.33. The van der Waals surface area contributed by atoms with Gasteiger partial charge >= 0.3 is 0 Å². The van der Waals surface area contributed by atoms with E-state index in [0.29, 0.717) is 4.21 Å². The minimum Gasteiger partial charge on any atom is -0.207 e. The Morgan fingerprint density at radius 1 is 1.33 bits per heavy atom. The topological polar surface area (TPSA) is 46.2 Å². The van der Waals surface area contributed by atoms with Crippen LogP contribution in [0.15, 0.2) is 16.3 Å². The molecule has 0 fully saturated rings. The lowest BCUT2D eigenvalue weighted by molar-refractivity contribution is 0.531. The smallest absolute Gasteiger partial charge is 0.207 e. The zero-order valence-electron chi connectivity index (χ0n) is 9.28. The molecular formula is C10H17NO2S2. The number of hydrogen-bond acceptors (Lipinski definition) is 3. The first-order chi connectivity index (χ1) is 6.99. The second-order valence-electron chi connectivity index (χ2n) is 3.50. The fourth-order valence-electron chi connectivity index (χ4n) is 1.29. The van der Waals surface area contributed by atoms with Crippen molar-refractivity contribution in [3.05, 3.63) is 17.0 Å². The Morgan fingerprint density at radius 3 is 2.33 bits per heavy atom. The molecule has 1 heterocycles. The maximum absolute atomic E-state index is 11.9. The molecule has 0 atom stereocenters. The van der Waals surface area contributed by atoms with Crippen molar-refractivity contribution in [1.82, 2.24) is 4.72 Å². The average Bonchev–Trinajstić information content (AvgIpc) is 2.62. The van der Waals surface area contributed by atoms with Crippen LogP contribution >= 0.6 is 11.3 Å². The molecule has 0 aliphatic carbocycles. The molecule has 0 spiro atoms. The first-order valence-electron chi connectivity index (χ1n) is 5.08. The number of sulfonamides is 1. The minimum absolute atomic E-state index is 0.0393. The Balaban J connectivity index is 2.84. The fraction of sp³-hybridized carbons (Fsp3) is 0.600. The van der Waals surface area contributed by atoms with Gasteiger partial charge in [-0.25, -0.2) is 13.1 Å². The Bertz CT molecular complexity index is 405. The third kappa shape index (κ3) is 3.29. The maximum Gasteiger partial charge on any atom is 0.250 e. The molecule has 0 radical (unpaired) electrons. The van der Waals surface area contributed by atoms with Crippen molar-refractivity contribution in [1.29, 1.82) is 0 Å². The monoisotopic (exact) mass is 247 g/mol. The summed E-state index contributed by atoms with van der Waals surface area (Å²) in [5.41, 5.74) is 0. The molecule has 1 N–H and O–H groups in total. The predicted molar refractivity (Wildman–Crippen MR) is 63.7 cm³/mol. The molecule has 0 bridgehead atoms. The van der Waals surface area contributed by atoms with E-state index >= 15 is 0 Å². The van der Waals surface area contributed by atoms with Crippen LogP contribution in [0.3, 0.4) is 0 Å². The molecule has 5 heteroatoms. The van der Waals surface area contributed by atoms with Crippen molar-refractivity contribution in [2.45, 2.75) is 43.9 Å². The van der Waals surface area contributed by atoms with E-state index in [0.717, 1.165) is 17.7 Å². The van der Waals surface area contributed by atoms with Crippen LogP contribution in [-0.2, 0) is 10.0 Å². The second-order valence-corrected chi connectivity index (χ2v) is 6.73. The Hall–Kier alpha value is -0.390. The molecule has 0 aliphatic heterocycles. The normalized spacial score (nSPS) is 12.3. The summed E-state index contributed by atoms with van der Waals surface area (Å²) in [6, 6.07) is 3.52. The maximum atomic E-state index is 11.9. The predicted octanol–water partition coefficient (Wildman–Crippen LogP) is 2.52. The molecule has 86 valence electrons. The second kappa shape index (κ2) is 5.09. The zero-order valence-corrected chi connectivity index (χ0v) is 10.9. The van der Waals surface area contributed by atoms with Crippen LogP contribution < -0.4 is 4.72 Å². The van der Waals surface area contributed by atoms with Crippen molar-refractivity contribution in [3.8, 4) is 0 Å². The van der Waals surface area contributed by atoms with Gasteiger partial charge in [-0.1, -0.05) is 13.8 Å². The summed E-state index contributed by atoms with van der Waals surface area (Å²) in [7, 11) is -3.29. The summed E-state index contributed by atoms with van der Waals surface area (Å²) in [4.78, 5) is 1.01. The van der Waals surface area contributed by atoms with Crippen molar-refractivity contribution in [2.75, 3.05) is 0 Å². The van der Waals surface area contributed by atoms with Crippen LogP contribution in [0.4, 0.5) is 0 Å². The molecule has 0 saturated heterocycles. The van der Waals surface area contributed by atoms with Crippen LogP contribution in [0.5, 0.6) is 0 Å². The molecule has 0 aliphatic rings. The molecule has 0 unspecified atom stereocenters. The van der Waals surface area contributed by atoms with Crippen molar-refractivity contribution in [3.63, 3.8) is 0 Å². The molecule has 1 rings (SSSR count). The van der Waals surface area contributed by atoms with Crippen LogP contribution in [0.25, 0.3) is 0 Å². The summed E-state index contributed by atoms with van der Waals surface area (Å²) in [5.74, 6) is 0. The van der Waals surface area contributed by atoms with E-state index in [4.69, 9.17) is 0 Å². The van der Waals surface area contributed by atoms with E-state index < -0.39 is 10.0 Å². The third-order valence-corrected chi connectivity index (χ3v) is 5.30. The van der Waals surface area contributed by atoms with Gasteiger partial charge in [-0.15, -0.1) is 11.3 Å². The first-order valence-corrected chi connectivity index (χ1v) is 7.38. The van der Waals surface area contributed by atoms with Gasteiger partial charge in [0.2, 0.25) is 10.0 Å². The summed E-state index contributed by atoms with van der Waals surface area (Å²) < 4.78 is 26.9. The molecule has 0 saturated carbocycles. The van der Waals surface area contributed by atoms with Crippen LogP contribution in [0, 0.1) is 6.92 Å². The average molecular weight is 247 g/mol. The molecular weight excluding hydrogens is 230 g/mol.